The van der Waals surface area contributed by atoms with E-state index in [4.69, 9.17) is 10.00 Å². The minimum Gasteiger partial charge on any atom is -0.378 e. The Morgan fingerprint density at radius 1 is 1.62 bits per heavy atom. The van der Waals surface area contributed by atoms with Crippen molar-refractivity contribution in [1.82, 2.24) is 4.90 Å². The fourth-order valence-corrected chi connectivity index (χ4v) is 1.46. The van der Waals surface area contributed by atoms with Crippen molar-refractivity contribution in [3.05, 3.63) is 12.2 Å². The summed E-state index contributed by atoms with van der Waals surface area (Å²) in [6, 6.07) is 2.00. The Morgan fingerprint density at radius 2 is 2.38 bits per heavy atom. The number of morpholine rings is 1. The van der Waals surface area contributed by atoms with E-state index in [1.54, 1.807) is 0 Å². The third kappa shape index (κ3) is 2.83. The van der Waals surface area contributed by atoms with Crippen molar-refractivity contribution >= 4 is 0 Å². The van der Waals surface area contributed by atoms with Crippen LogP contribution in [0.2, 0.25) is 0 Å². The van der Waals surface area contributed by atoms with Crippen molar-refractivity contribution in [2.24, 2.45) is 0 Å². The van der Waals surface area contributed by atoms with Crippen LogP contribution < -0.4 is 0 Å². The second kappa shape index (κ2) is 4.40. The van der Waals surface area contributed by atoms with E-state index >= 15 is 0 Å². The van der Waals surface area contributed by atoms with Crippen molar-refractivity contribution in [2.75, 3.05) is 26.3 Å². The Balaban J connectivity index is 2.47. The van der Waals surface area contributed by atoms with Gasteiger partial charge in [-0.25, -0.2) is 0 Å². The lowest BCUT2D eigenvalue weighted by atomic mass is 10.0. The van der Waals surface area contributed by atoms with Gasteiger partial charge in [-0.1, -0.05) is 6.08 Å². The molecule has 0 aliphatic carbocycles. The molecule has 1 saturated heterocycles. The van der Waals surface area contributed by atoms with Crippen molar-refractivity contribution < 1.29 is 4.74 Å². The van der Waals surface area contributed by atoms with Gasteiger partial charge in [-0.3, -0.25) is 4.90 Å². The van der Waals surface area contributed by atoms with E-state index in [0.29, 0.717) is 0 Å². The van der Waals surface area contributed by atoms with Crippen molar-refractivity contribution in [3.63, 3.8) is 0 Å². The van der Waals surface area contributed by atoms with Gasteiger partial charge in [0.05, 0.1) is 19.3 Å². The van der Waals surface area contributed by atoms with Gasteiger partial charge >= 0.3 is 0 Å². The van der Waals surface area contributed by atoms with Crippen LogP contribution in [0, 0.1) is 11.3 Å². The van der Waals surface area contributed by atoms with Crippen molar-refractivity contribution in [3.8, 4) is 6.07 Å². The van der Waals surface area contributed by atoms with Gasteiger partial charge in [-0.05, 0) is 13.8 Å². The van der Waals surface area contributed by atoms with Gasteiger partial charge in [-0.15, -0.1) is 0 Å². The highest BCUT2D eigenvalue weighted by Crippen LogP contribution is 2.18. The average Bonchev–Trinajstić information content (AvgIpc) is 2.08. The summed E-state index contributed by atoms with van der Waals surface area (Å²) in [6.07, 6.45) is 3.43. The number of hydrogen-bond donors (Lipinski definition) is 0. The molecule has 0 amide bonds. The SMILES string of the molecule is CC1(C)COCCN1C/C=C/C#N. The molecule has 1 heterocycles. The highest BCUT2D eigenvalue weighted by molar-refractivity contribution is 5.03. The second-order valence-electron chi connectivity index (χ2n) is 3.84. The number of nitriles is 1. The summed E-state index contributed by atoms with van der Waals surface area (Å²) in [5.41, 5.74) is 0.0953. The monoisotopic (exact) mass is 180 g/mol. The summed E-state index contributed by atoms with van der Waals surface area (Å²) in [5, 5.41) is 8.35. The second-order valence-corrected chi connectivity index (χ2v) is 3.84. The number of ether oxygens (including phenoxy) is 1. The Hall–Kier alpha value is -0.850. The molecule has 0 saturated carbocycles. The van der Waals surface area contributed by atoms with E-state index in [1.165, 1.54) is 6.08 Å². The van der Waals surface area contributed by atoms with E-state index in [2.05, 4.69) is 18.7 Å². The molecule has 3 heteroatoms. The summed E-state index contributed by atoms with van der Waals surface area (Å²) >= 11 is 0. The molecule has 0 N–H and O–H groups in total. The predicted octanol–water partition coefficient (Wildman–Crippen LogP) is 1.18. The Bertz CT molecular complexity index is 228. The average molecular weight is 180 g/mol. The molecule has 0 radical (unpaired) electrons. The van der Waals surface area contributed by atoms with Gasteiger partial charge in [0.15, 0.2) is 0 Å². The fraction of sp³-hybridized carbons (Fsp3) is 0.700. The Labute approximate surface area is 79.6 Å². The van der Waals surface area contributed by atoms with Crippen LogP contribution in [0.5, 0.6) is 0 Å². The minimum atomic E-state index is 0.0953. The summed E-state index contributed by atoms with van der Waals surface area (Å²) < 4.78 is 5.39. The molecule has 0 aromatic carbocycles. The lowest BCUT2D eigenvalue weighted by Crippen LogP contribution is -2.52. The Morgan fingerprint density at radius 3 is 3.00 bits per heavy atom. The lowest BCUT2D eigenvalue weighted by molar-refractivity contribution is -0.0450. The first-order valence-electron chi connectivity index (χ1n) is 4.54. The van der Waals surface area contributed by atoms with Crippen LogP contribution in [-0.2, 0) is 4.74 Å². The van der Waals surface area contributed by atoms with Crippen LogP contribution in [0.1, 0.15) is 13.8 Å². The van der Waals surface area contributed by atoms with Crippen LogP contribution >= 0.6 is 0 Å². The molecule has 1 aliphatic heterocycles. The van der Waals surface area contributed by atoms with E-state index in [1.807, 2.05) is 12.1 Å². The molecule has 0 bridgehead atoms. The van der Waals surface area contributed by atoms with Crippen LogP contribution in [0.4, 0.5) is 0 Å². The van der Waals surface area contributed by atoms with E-state index in [0.717, 1.165) is 26.3 Å². The molecule has 3 nitrogen and oxygen atoms in total. The standard InChI is InChI=1S/C10H16N2O/c1-10(2)9-13-8-7-12(10)6-4-3-5-11/h3-4H,6-9H2,1-2H3/b4-3+. The topological polar surface area (TPSA) is 36.3 Å². The van der Waals surface area contributed by atoms with Crippen LogP contribution in [0.15, 0.2) is 12.2 Å². The normalized spacial score (nSPS) is 23.2. The fourth-order valence-electron chi connectivity index (χ4n) is 1.46. The van der Waals surface area contributed by atoms with Gasteiger partial charge in [0.1, 0.15) is 0 Å². The zero-order chi connectivity index (χ0) is 9.73. The number of hydrogen-bond acceptors (Lipinski definition) is 3. The number of rotatable bonds is 2. The molecule has 0 spiro atoms. The van der Waals surface area contributed by atoms with Crippen LogP contribution in [-0.4, -0.2) is 36.7 Å². The van der Waals surface area contributed by atoms with Gasteiger partial charge in [0, 0.05) is 24.7 Å². The molecule has 0 aromatic rings. The largest absolute Gasteiger partial charge is 0.378 e. The number of allylic oxidation sites excluding steroid dienone is 1. The maximum Gasteiger partial charge on any atom is 0.0909 e. The Kier molecular flexibility index (Phi) is 3.47. The molecular weight excluding hydrogens is 164 g/mol. The predicted molar refractivity (Wildman–Crippen MR) is 51.2 cm³/mol. The maximum absolute atomic E-state index is 8.35. The highest BCUT2D eigenvalue weighted by Gasteiger charge is 2.29. The molecular formula is C10H16N2O. The highest BCUT2D eigenvalue weighted by atomic mass is 16.5. The smallest absolute Gasteiger partial charge is 0.0909 e. The van der Waals surface area contributed by atoms with E-state index in [9.17, 15) is 0 Å². The van der Waals surface area contributed by atoms with Gasteiger partial charge in [-0.2, -0.15) is 5.26 Å². The first-order chi connectivity index (χ1) is 6.17. The summed E-state index contributed by atoms with van der Waals surface area (Å²) in [7, 11) is 0. The molecule has 0 atom stereocenters. The number of nitrogens with zero attached hydrogens (tertiary/aromatic N) is 2. The zero-order valence-corrected chi connectivity index (χ0v) is 8.29. The lowest BCUT2D eigenvalue weighted by Gasteiger charge is -2.41. The molecule has 72 valence electrons. The molecule has 1 aliphatic rings. The van der Waals surface area contributed by atoms with Crippen molar-refractivity contribution in [1.29, 1.82) is 5.26 Å². The van der Waals surface area contributed by atoms with Crippen molar-refractivity contribution in [2.45, 2.75) is 19.4 Å². The molecule has 0 aromatic heterocycles. The minimum absolute atomic E-state index is 0.0953. The quantitative estimate of drug-likeness (QED) is 0.599. The van der Waals surface area contributed by atoms with Gasteiger partial charge in [0.2, 0.25) is 0 Å². The van der Waals surface area contributed by atoms with Crippen LogP contribution in [0.3, 0.4) is 0 Å². The third-order valence-electron chi connectivity index (χ3n) is 2.34. The summed E-state index contributed by atoms with van der Waals surface area (Å²) in [5.74, 6) is 0. The summed E-state index contributed by atoms with van der Waals surface area (Å²) in [4.78, 5) is 2.32. The summed E-state index contributed by atoms with van der Waals surface area (Å²) in [6.45, 7) is 7.67. The third-order valence-corrected chi connectivity index (χ3v) is 2.34. The van der Waals surface area contributed by atoms with Crippen LogP contribution in [0.25, 0.3) is 0 Å². The molecule has 1 fully saturated rings. The molecule has 1 rings (SSSR count). The first-order valence-corrected chi connectivity index (χ1v) is 4.54. The van der Waals surface area contributed by atoms with Gasteiger partial charge < -0.3 is 4.74 Å². The maximum atomic E-state index is 8.35. The molecule has 0 unspecified atom stereocenters. The van der Waals surface area contributed by atoms with E-state index < -0.39 is 0 Å². The molecule has 13 heavy (non-hydrogen) atoms. The first kappa shape index (κ1) is 10.2. The van der Waals surface area contributed by atoms with E-state index in [-0.39, 0.29) is 5.54 Å². The van der Waals surface area contributed by atoms with Gasteiger partial charge in [0.25, 0.3) is 0 Å². The zero-order valence-electron chi connectivity index (χ0n) is 8.29.